The number of benzene rings is 1. The van der Waals surface area contributed by atoms with Crippen LogP contribution in [0.25, 0.3) is 5.82 Å². The van der Waals surface area contributed by atoms with Crippen LogP contribution in [-0.4, -0.2) is 47.8 Å². The highest BCUT2D eigenvalue weighted by Crippen LogP contribution is 2.29. The lowest BCUT2D eigenvalue weighted by Crippen LogP contribution is -2.61. The van der Waals surface area contributed by atoms with Crippen molar-refractivity contribution in [2.75, 3.05) is 16.8 Å². The lowest BCUT2D eigenvalue weighted by atomic mass is 10.0. The normalized spacial score (nSPS) is 19.3. The highest BCUT2D eigenvalue weighted by Gasteiger charge is 2.40. The van der Waals surface area contributed by atoms with Gasteiger partial charge in [0, 0.05) is 33.5 Å². The summed E-state index contributed by atoms with van der Waals surface area (Å²) in [5.41, 5.74) is -0.886. The molecule has 8 nitrogen and oxygen atoms in total. The van der Waals surface area contributed by atoms with Gasteiger partial charge in [0.05, 0.1) is 21.8 Å². The summed E-state index contributed by atoms with van der Waals surface area (Å²) < 4.78 is 39.3. The van der Waals surface area contributed by atoms with Crippen molar-refractivity contribution < 1.29 is 22.6 Å². The molecule has 1 aromatic carbocycles. The number of aryl methyl sites for hydroxylation is 1. The van der Waals surface area contributed by atoms with Gasteiger partial charge in [-0.15, -0.1) is 0 Å². The number of pyridine rings is 1. The quantitative estimate of drug-likeness (QED) is 0.483. The van der Waals surface area contributed by atoms with Crippen LogP contribution in [0.3, 0.4) is 0 Å². The molecule has 1 saturated heterocycles. The van der Waals surface area contributed by atoms with Crippen LogP contribution in [0.4, 0.5) is 14.5 Å². The van der Waals surface area contributed by atoms with Gasteiger partial charge >= 0.3 is 0 Å². The first-order valence-corrected chi connectivity index (χ1v) is 12.5. The van der Waals surface area contributed by atoms with Gasteiger partial charge in [0.25, 0.3) is 18.2 Å². The monoisotopic (exact) mass is 541 g/mol. The molecule has 0 saturated carbocycles. The van der Waals surface area contributed by atoms with E-state index < -0.39 is 40.3 Å². The lowest BCUT2D eigenvalue weighted by molar-refractivity contribution is 0.0918. The molecule has 0 bridgehead atoms. The van der Waals surface area contributed by atoms with Crippen LogP contribution in [0.15, 0.2) is 36.5 Å². The molecule has 0 spiro atoms. The van der Waals surface area contributed by atoms with Crippen LogP contribution in [0.5, 0.6) is 0 Å². The number of carbonyl (C=O) groups excluding carboxylic acids is 2. The summed E-state index contributed by atoms with van der Waals surface area (Å²) >= 11 is 12.3. The number of amides is 2. The van der Waals surface area contributed by atoms with Crippen LogP contribution in [0, 0.1) is 6.92 Å². The second kappa shape index (κ2) is 9.63. The largest absolute Gasteiger partial charge is 0.345 e. The van der Waals surface area contributed by atoms with Crippen LogP contribution in [-0.2, 0) is 10.8 Å². The molecule has 0 radical (unpaired) electrons. The Morgan fingerprint density at radius 1 is 1.20 bits per heavy atom. The average Bonchev–Trinajstić information content (AvgIpc) is 3.20. The maximum Gasteiger partial charge on any atom is 0.282 e. The molecule has 3 aromatic rings. The second-order valence-corrected chi connectivity index (χ2v) is 10.6. The summed E-state index contributed by atoms with van der Waals surface area (Å²) in [5.74, 6) is -0.745. The number of nitrogens with zero attached hydrogens (tertiary/aromatic N) is 3. The minimum absolute atomic E-state index is 0.0112. The van der Waals surface area contributed by atoms with Crippen molar-refractivity contribution in [1.82, 2.24) is 20.1 Å². The van der Waals surface area contributed by atoms with Gasteiger partial charge < -0.3 is 10.6 Å². The van der Waals surface area contributed by atoms with Gasteiger partial charge in [-0.25, -0.2) is 18.4 Å². The molecule has 13 heteroatoms. The van der Waals surface area contributed by atoms with E-state index in [4.69, 9.17) is 23.2 Å². The summed E-state index contributed by atoms with van der Waals surface area (Å²) in [6, 6.07) is 6.89. The third-order valence-electron chi connectivity index (χ3n) is 5.28. The van der Waals surface area contributed by atoms with Gasteiger partial charge in [0.1, 0.15) is 11.4 Å². The van der Waals surface area contributed by atoms with E-state index in [1.165, 1.54) is 18.3 Å². The van der Waals surface area contributed by atoms with E-state index in [0.29, 0.717) is 17.1 Å². The molecular weight excluding hydrogens is 523 g/mol. The predicted octanol–water partition coefficient (Wildman–Crippen LogP) is 4.32. The SMILES string of the molecule is Cc1cc(Cl)cc(C(=O)NC2(C)CS(=O)C2)c1NC(=O)c1cc(C(F)F)nn1-c1ncccc1Cl. The molecule has 2 N–H and O–H groups in total. The smallest absolute Gasteiger partial charge is 0.282 e. The number of alkyl halides is 2. The third kappa shape index (κ3) is 5.21. The zero-order valence-corrected chi connectivity index (χ0v) is 20.8. The molecule has 2 aromatic heterocycles. The second-order valence-electron chi connectivity index (χ2n) is 8.32. The standard InChI is InChI=1S/C22H19Cl2F2N5O3S/c1-11-6-12(23)7-13(20(32)29-22(2)9-35(34)10-22)17(11)28-21(33)16-8-15(18(25)26)30-31(16)19-14(24)4-3-5-27-19/h3-8,18H,9-10H2,1-2H3,(H,28,33)(H,29,32). The predicted molar refractivity (Wildman–Crippen MR) is 129 cm³/mol. The Balaban J connectivity index is 1.71. The average molecular weight is 542 g/mol. The fourth-order valence-corrected chi connectivity index (χ4v) is 5.67. The minimum atomic E-state index is -2.95. The highest BCUT2D eigenvalue weighted by molar-refractivity contribution is 7.86. The van der Waals surface area contributed by atoms with Gasteiger partial charge in [0.15, 0.2) is 5.82 Å². The maximum absolute atomic E-state index is 13.4. The first-order valence-electron chi connectivity index (χ1n) is 10.3. The Labute approximate surface area is 211 Å². The van der Waals surface area contributed by atoms with Crippen molar-refractivity contribution in [3.63, 3.8) is 0 Å². The molecule has 3 heterocycles. The van der Waals surface area contributed by atoms with Gasteiger partial charge in [-0.1, -0.05) is 23.2 Å². The number of hydrogen-bond acceptors (Lipinski definition) is 5. The molecular formula is C22H19Cl2F2N5O3S. The van der Waals surface area contributed by atoms with Gasteiger partial charge in [0.2, 0.25) is 0 Å². The highest BCUT2D eigenvalue weighted by atomic mass is 35.5. The lowest BCUT2D eigenvalue weighted by Gasteiger charge is -2.38. The molecule has 35 heavy (non-hydrogen) atoms. The molecule has 4 rings (SSSR count). The molecule has 0 unspecified atom stereocenters. The Morgan fingerprint density at radius 3 is 2.54 bits per heavy atom. The molecule has 184 valence electrons. The minimum Gasteiger partial charge on any atom is -0.345 e. The van der Waals surface area contributed by atoms with E-state index in [-0.39, 0.29) is 32.8 Å². The Kier molecular flexibility index (Phi) is 6.94. The van der Waals surface area contributed by atoms with Crippen molar-refractivity contribution >= 4 is 51.5 Å². The number of anilines is 1. The molecule has 1 aliphatic heterocycles. The van der Waals surface area contributed by atoms with E-state index in [2.05, 4.69) is 20.7 Å². The number of rotatable bonds is 6. The van der Waals surface area contributed by atoms with Crippen molar-refractivity contribution in [2.45, 2.75) is 25.8 Å². The Hall–Kier alpha value is -2.89. The number of carbonyl (C=O) groups is 2. The fraction of sp³-hybridized carbons (Fsp3) is 0.273. The first kappa shape index (κ1) is 25.2. The first-order chi connectivity index (χ1) is 16.5. The van der Waals surface area contributed by atoms with Crippen molar-refractivity contribution in [3.8, 4) is 5.82 Å². The topological polar surface area (TPSA) is 106 Å². The molecule has 0 atom stereocenters. The molecule has 1 aliphatic rings. The van der Waals surface area contributed by atoms with Crippen molar-refractivity contribution in [3.05, 3.63) is 69.1 Å². The Morgan fingerprint density at radius 2 is 1.91 bits per heavy atom. The summed E-state index contributed by atoms with van der Waals surface area (Å²) in [5, 5.41) is 9.61. The zero-order chi connectivity index (χ0) is 25.5. The zero-order valence-electron chi connectivity index (χ0n) is 18.4. The number of aromatic nitrogens is 3. The van der Waals surface area contributed by atoms with Gasteiger partial charge in [-0.2, -0.15) is 5.10 Å². The number of nitrogens with one attached hydrogen (secondary N) is 2. The fourth-order valence-electron chi connectivity index (χ4n) is 3.71. The summed E-state index contributed by atoms with van der Waals surface area (Å²) in [6.07, 6.45) is -1.57. The maximum atomic E-state index is 13.4. The van der Waals surface area contributed by atoms with E-state index in [0.717, 1.165) is 10.7 Å². The van der Waals surface area contributed by atoms with Crippen LogP contribution in [0.1, 0.15) is 45.5 Å². The summed E-state index contributed by atoms with van der Waals surface area (Å²) in [6.45, 7) is 3.40. The van der Waals surface area contributed by atoms with Crippen molar-refractivity contribution in [1.29, 1.82) is 0 Å². The summed E-state index contributed by atoms with van der Waals surface area (Å²) in [4.78, 5) is 30.4. The van der Waals surface area contributed by atoms with Crippen molar-refractivity contribution in [2.24, 2.45) is 0 Å². The van der Waals surface area contributed by atoms with Crippen LogP contribution < -0.4 is 10.6 Å². The molecule has 2 amide bonds. The van der Waals surface area contributed by atoms with E-state index in [1.807, 2.05) is 0 Å². The van der Waals surface area contributed by atoms with E-state index in [1.54, 1.807) is 26.0 Å². The van der Waals surface area contributed by atoms with Gasteiger partial charge in [-0.05, 0) is 49.7 Å². The van der Waals surface area contributed by atoms with Crippen LogP contribution >= 0.6 is 23.2 Å². The van der Waals surface area contributed by atoms with Crippen LogP contribution in [0.2, 0.25) is 10.0 Å². The number of hydrogen-bond donors (Lipinski definition) is 2. The number of halogens is 4. The molecule has 1 fully saturated rings. The molecule has 0 aliphatic carbocycles. The summed E-state index contributed by atoms with van der Waals surface area (Å²) in [7, 11) is -1.01. The third-order valence-corrected chi connectivity index (χ3v) is 7.71. The Bertz CT molecular complexity index is 1360. The van der Waals surface area contributed by atoms with Gasteiger partial charge in [-0.3, -0.25) is 13.8 Å². The van der Waals surface area contributed by atoms with E-state index in [9.17, 15) is 22.6 Å². The van der Waals surface area contributed by atoms with E-state index >= 15 is 0 Å².